The Morgan fingerprint density at radius 3 is 2.51 bits per heavy atom. The van der Waals surface area contributed by atoms with Crippen LogP contribution in [0.4, 0.5) is 4.79 Å². The zero-order chi connectivity index (χ0) is 28.3. The fourth-order valence-corrected chi connectivity index (χ4v) is 5.30. The van der Waals surface area contributed by atoms with E-state index in [0.717, 1.165) is 35.1 Å². The maximum absolute atomic E-state index is 13.4. The van der Waals surface area contributed by atoms with Crippen molar-refractivity contribution in [3.8, 4) is 11.1 Å². The van der Waals surface area contributed by atoms with Crippen LogP contribution in [-0.2, 0) is 22.3 Å². The minimum absolute atomic E-state index is 0.100. The molecule has 0 bridgehead atoms. The van der Waals surface area contributed by atoms with Crippen molar-refractivity contribution >= 4 is 23.7 Å². The van der Waals surface area contributed by atoms with Crippen molar-refractivity contribution in [3.05, 3.63) is 93.5 Å². The third-order valence-corrected chi connectivity index (χ3v) is 7.27. The number of aliphatic hydroxyl groups is 1. The maximum atomic E-state index is 13.4. The van der Waals surface area contributed by atoms with Crippen LogP contribution in [0, 0.1) is 6.92 Å². The van der Waals surface area contributed by atoms with E-state index >= 15 is 0 Å². The number of halogens is 1. The number of esters is 1. The van der Waals surface area contributed by atoms with Gasteiger partial charge in [0.15, 0.2) is 0 Å². The molecule has 0 saturated heterocycles. The summed E-state index contributed by atoms with van der Waals surface area (Å²) in [6, 6.07) is 18.9. The van der Waals surface area contributed by atoms with E-state index in [0.29, 0.717) is 22.6 Å². The van der Waals surface area contributed by atoms with Gasteiger partial charge in [-0.25, -0.2) is 9.59 Å². The molecule has 0 fully saturated rings. The van der Waals surface area contributed by atoms with Gasteiger partial charge >= 0.3 is 12.1 Å². The van der Waals surface area contributed by atoms with E-state index in [-0.39, 0.29) is 18.6 Å². The molecule has 1 aliphatic rings. The first-order valence-electron chi connectivity index (χ1n) is 13.2. The van der Waals surface area contributed by atoms with E-state index < -0.39 is 17.8 Å². The van der Waals surface area contributed by atoms with Gasteiger partial charge in [0.05, 0.1) is 25.3 Å². The van der Waals surface area contributed by atoms with Crippen LogP contribution in [0.15, 0.2) is 60.7 Å². The van der Waals surface area contributed by atoms with Crippen LogP contribution >= 0.6 is 11.6 Å². The van der Waals surface area contributed by atoms with E-state index in [9.17, 15) is 14.7 Å². The summed E-state index contributed by atoms with van der Waals surface area (Å²) in [4.78, 5) is 27.0. The molecule has 0 unspecified atom stereocenters. The average Bonchev–Trinajstić information content (AvgIpc) is 2.89. The predicted octanol–water partition coefficient (Wildman–Crippen LogP) is 6.93. The molecule has 3 aromatic carbocycles. The number of fused-ring (bicyclic) bond motifs is 1. The number of carbonyl (C=O) groups excluding carboxylic acids is 2. The number of ether oxygens (including phenoxy) is 2. The van der Waals surface area contributed by atoms with Crippen LogP contribution in [0.5, 0.6) is 0 Å². The van der Waals surface area contributed by atoms with Crippen molar-refractivity contribution in [2.45, 2.75) is 64.7 Å². The Labute approximate surface area is 235 Å². The van der Waals surface area contributed by atoms with Crippen molar-refractivity contribution in [3.63, 3.8) is 0 Å². The fourth-order valence-electron chi connectivity index (χ4n) is 5.10. The Morgan fingerprint density at radius 1 is 1.08 bits per heavy atom. The van der Waals surface area contributed by atoms with E-state index in [1.807, 2.05) is 39.8 Å². The minimum Gasteiger partial charge on any atom is -0.465 e. The molecule has 206 valence electrons. The van der Waals surface area contributed by atoms with Crippen LogP contribution in [0.1, 0.15) is 65.9 Å². The van der Waals surface area contributed by atoms with E-state index in [2.05, 4.69) is 18.2 Å². The van der Waals surface area contributed by atoms with Gasteiger partial charge in [-0.1, -0.05) is 48.0 Å². The summed E-state index contributed by atoms with van der Waals surface area (Å²) in [5.41, 5.74) is 5.97. The second-order valence-corrected chi connectivity index (χ2v) is 11.5. The molecule has 3 aromatic rings. The predicted molar refractivity (Wildman–Crippen MR) is 153 cm³/mol. The molecule has 0 heterocycles. The summed E-state index contributed by atoms with van der Waals surface area (Å²) in [5, 5.41) is 11.6. The molecule has 2 atom stereocenters. The highest BCUT2D eigenvalue weighted by molar-refractivity contribution is 6.30. The number of nitrogens with zero attached hydrogens (tertiary/aromatic N) is 1. The second-order valence-electron chi connectivity index (χ2n) is 11.1. The lowest BCUT2D eigenvalue weighted by molar-refractivity contribution is 0.00195. The third kappa shape index (κ3) is 7.00. The van der Waals surface area contributed by atoms with Gasteiger partial charge in [-0.3, -0.25) is 0 Å². The van der Waals surface area contributed by atoms with Crippen LogP contribution in [0.2, 0.25) is 5.02 Å². The van der Waals surface area contributed by atoms with Crippen molar-refractivity contribution in [1.29, 1.82) is 0 Å². The molecule has 0 radical (unpaired) electrons. The number of hydrogen-bond donors (Lipinski definition) is 1. The first-order chi connectivity index (χ1) is 18.4. The molecule has 4 rings (SSSR count). The minimum atomic E-state index is -0.903. The SMILES string of the molecule is COC(=O)c1ccc(-c2ccc3c(c2)C[C@@H](N(C[C@H](O)c2cccc(Cl)c2)C(=O)OC(C)(C)C)CC3)c(C)c1. The fraction of sp³-hybridized carbons (Fsp3) is 0.375. The number of aliphatic hydroxyl groups excluding tert-OH is 1. The van der Waals surface area contributed by atoms with Gasteiger partial charge < -0.3 is 19.5 Å². The molecule has 0 aromatic heterocycles. The number of rotatable bonds is 6. The van der Waals surface area contributed by atoms with Gasteiger partial charge in [-0.2, -0.15) is 0 Å². The molecular formula is C32H36ClNO5. The number of amides is 1. The molecular weight excluding hydrogens is 514 g/mol. The Bertz CT molecular complexity index is 1360. The Balaban J connectivity index is 1.61. The van der Waals surface area contributed by atoms with Crippen molar-refractivity contribution in [2.24, 2.45) is 0 Å². The number of hydrogen-bond acceptors (Lipinski definition) is 5. The van der Waals surface area contributed by atoms with Crippen LogP contribution in [0.3, 0.4) is 0 Å². The summed E-state index contributed by atoms with van der Waals surface area (Å²) in [6.45, 7) is 7.60. The zero-order valence-electron chi connectivity index (χ0n) is 23.2. The van der Waals surface area contributed by atoms with Gasteiger partial charge in [0.2, 0.25) is 0 Å². The highest BCUT2D eigenvalue weighted by Gasteiger charge is 2.33. The van der Waals surface area contributed by atoms with Crippen molar-refractivity contribution in [2.75, 3.05) is 13.7 Å². The van der Waals surface area contributed by atoms with Crippen molar-refractivity contribution < 1.29 is 24.2 Å². The first-order valence-corrected chi connectivity index (χ1v) is 13.6. The number of aryl methyl sites for hydroxylation is 2. The Hall–Kier alpha value is -3.35. The van der Waals surface area contributed by atoms with Gasteiger partial charge in [-0.05, 0) is 105 Å². The number of benzene rings is 3. The Kier molecular flexibility index (Phi) is 8.67. The highest BCUT2D eigenvalue weighted by atomic mass is 35.5. The summed E-state index contributed by atoms with van der Waals surface area (Å²) < 4.78 is 10.6. The Morgan fingerprint density at radius 2 is 1.85 bits per heavy atom. The maximum Gasteiger partial charge on any atom is 0.410 e. The monoisotopic (exact) mass is 549 g/mol. The molecule has 7 heteroatoms. The highest BCUT2D eigenvalue weighted by Crippen LogP contribution is 2.32. The second kappa shape index (κ2) is 11.8. The van der Waals surface area contributed by atoms with E-state index in [4.69, 9.17) is 21.1 Å². The largest absolute Gasteiger partial charge is 0.465 e. The lowest BCUT2D eigenvalue weighted by Gasteiger charge is -2.37. The van der Waals surface area contributed by atoms with E-state index in [1.54, 1.807) is 35.2 Å². The molecule has 0 saturated carbocycles. The molecule has 39 heavy (non-hydrogen) atoms. The van der Waals surface area contributed by atoms with Crippen LogP contribution in [-0.4, -0.2) is 47.4 Å². The third-order valence-electron chi connectivity index (χ3n) is 7.04. The number of carbonyl (C=O) groups is 2. The van der Waals surface area contributed by atoms with Gasteiger partial charge in [0.1, 0.15) is 5.60 Å². The lowest BCUT2D eigenvalue weighted by Crippen LogP contribution is -2.47. The lowest BCUT2D eigenvalue weighted by atomic mass is 9.85. The normalized spacial score (nSPS) is 15.7. The van der Waals surface area contributed by atoms with Crippen LogP contribution in [0.25, 0.3) is 11.1 Å². The summed E-state index contributed by atoms with van der Waals surface area (Å²) in [7, 11) is 1.38. The molecule has 0 spiro atoms. The van der Waals surface area contributed by atoms with E-state index in [1.165, 1.54) is 12.7 Å². The van der Waals surface area contributed by atoms with Crippen molar-refractivity contribution in [1.82, 2.24) is 4.90 Å². The van der Waals surface area contributed by atoms with Gasteiger partial charge in [-0.15, -0.1) is 0 Å². The smallest absolute Gasteiger partial charge is 0.410 e. The molecule has 6 nitrogen and oxygen atoms in total. The van der Waals surface area contributed by atoms with Gasteiger partial charge in [0, 0.05) is 11.1 Å². The summed E-state index contributed by atoms with van der Waals surface area (Å²) in [5.74, 6) is -0.361. The standard InChI is InChI=1S/C32H36ClNO5/c1-20-15-24(30(36)38-5)12-14-28(20)22-10-9-21-11-13-27(18-25(21)16-22)34(31(37)39-32(2,3)4)19-29(35)23-7-6-8-26(33)17-23/h6-10,12,14-17,27,29,35H,11,13,18-19H2,1-5H3/t27-,29-/m0/s1. The average molecular weight is 550 g/mol. The topological polar surface area (TPSA) is 76.1 Å². The first kappa shape index (κ1) is 28.7. The molecule has 1 aliphatic carbocycles. The summed E-state index contributed by atoms with van der Waals surface area (Å²) in [6.07, 6.45) is 0.875. The number of methoxy groups -OCH3 is 1. The quantitative estimate of drug-likeness (QED) is 0.337. The molecule has 0 aliphatic heterocycles. The molecule has 1 amide bonds. The van der Waals surface area contributed by atoms with Crippen LogP contribution < -0.4 is 0 Å². The van der Waals surface area contributed by atoms with Gasteiger partial charge in [0.25, 0.3) is 0 Å². The molecule has 1 N–H and O–H groups in total. The summed E-state index contributed by atoms with van der Waals surface area (Å²) >= 11 is 6.15. The zero-order valence-corrected chi connectivity index (χ0v) is 23.9.